The van der Waals surface area contributed by atoms with Crippen LogP contribution in [-0.2, 0) is 22.6 Å². The second-order valence-corrected chi connectivity index (χ2v) is 16.4. The van der Waals surface area contributed by atoms with E-state index in [1.807, 2.05) is 84.7 Å². The average molecular weight is 891 g/mol. The molecule has 9 rings (SSSR count). The number of carbonyl (C=O) groups excluding carboxylic acids is 1. The lowest BCUT2D eigenvalue weighted by atomic mass is 10.1. The Morgan fingerprint density at radius 3 is 1.78 bits per heavy atom. The number of fused-ring (bicyclic) bond motifs is 2. The van der Waals surface area contributed by atoms with E-state index in [0.29, 0.717) is 28.8 Å². The Kier molecular flexibility index (Phi) is 14.7. The lowest BCUT2D eigenvalue weighted by Gasteiger charge is -2.26. The van der Waals surface area contributed by atoms with Gasteiger partial charge in [0, 0.05) is 98.2 Å². The number of hydrogen-bond donors (Lipinski definition) is 4. The maximum atomic E-state index is 12.1. The molecule has 7 aromatic heterocycles. The highest BCUT2D eigenvalue weighted by atomic mass is 32.1. The molecular formula is C42H50N16O3S2. The molecule has 0 unspecified atom stereocenters. The number of amides is 2. The van der Waals surface area contributed by atoms with Crippen LogP contribution in [0.25, 0.3) is 44.3 Å². The van der Waals surface area contributed by atoms with Crippen molar-refractivity contribution in [2.45, 2.75) is 26.4 Å². The number of aromatic nitrogens is 10. The first kappa shape index (κ1) is 43.5. The Bertz CT molecular complexity index is 2620. The predicted molar refractivity (Wildman–Crippen MR) is 249 cm³/mol. The van der Waals surface area contributed by atoms with Crippen LogP contribution >= 0.6 is 23.6 Å². The van der Waals surface area contributed by atoms with Crippen molar-refractivity contribution in [1.82, 2.24) is 64.8 Å². The van der Waals surface area contributed by atoms with Gasteiger partial charge in [-0.2, -0.15) is 10.2 Å². The number of nitrogens with one attached hydrogen (secondary N) is 4. The molecule has 2 aliphatic heterocycles. The van der Waals surface area contributed by atoms with Crippen molar-refractivity contribution in [2.75, 3.05) is 95.2 Å². The highest BCUT2D eigenvalue weighted by Gasteiger charge is 2.14. The fourth-order valence-electron chi connectivity index (χ4n) is 6.82. The van der Waals surface area contributed by atoms with Gasteiger partial charge in [-0.05, 0) is 42.8 Å². The number of hydrogen-bond acceptors (Lipinski definition) is 17. The topological polar surface area (TPSA) is 203 Å². The van der Waals surface area contributed by atoms with Crippen LogP contribution in [0.5, 0.6) is 0 Å². The summed E-state index contributed by atoms with van der Waals surface area (Å²) in [5.74, 6) is 1.16. The summed E-state index contributed by atoms with van der Waals surface area (Å²) in [6.45, 7) is 13.0. The van der Waals surface area contributed by atoms with Gasteiger partial charge in [0.15, 0.2) is 0 Å². The minimum atomic E-state index is -0.335. The van der Waals surface area contributed by atoms with Gasteiger partial charge in [0.1, 0.15) is 11.6 Å². The van der Waals surface area contributed by atoms with Gasteiger partial charge < -0.3 is 25.4 Å². The lowest BCUT2D eigenvalue weighted by Crippen LogP contribution is -2.38. The minimum absolute atomic E-state index is 0.335. The number of ether oxygens (including phenoxy) is 2. The molecule has 2 aliphatic rings. The largest absolute Gasteiger partial charge is 0.379 e. The molecule has 9 heterocycles. The molecule has 0 spiro atoms. The number of morpholine rings is 2. The maximum Gasteiger partial charge on any atom is 0.320 e. The zero-order valence-electron chi connectivity index (χ0n) is 35.2. The molecule has 2 amide bonds. The van der Waals surface area contributed by atoms with E-state index in [9.17, 15) is 4.79 Å². The molecule has 7 aromatic rings. The third-order valence-electron chi connectivity index (χ3n) is 10.5. The number of anilines is 4. The van der Waals surface area contributed by atoms with Gasteiger partial charge in [-0.3, -0.25) is 34.4 Å². The second-order valence-electron chi connectivity index (χ2n) is 14.8. The van der Waals surface area contributed by atoms with Crippen LogP contribution < -0.4 is 21.3 Å². The summed E-state index contributed by atoms with van der Waals surface area (Å²) < 4.78 is 14.7. The van der Waals surface area contributed by atoms with E-state index in [0.717, 1.165) is 134 Å². The van der Waals surface area contributed by atoms with E-state index >= 15 is 0 Å². The molecule has 0 atom stereocenters. The molecule has 21 heteroatoms. The molecule has 63 heavy (non-hydrogen) atoms. The van der Waals surface area contributed by atoms with Gasteiger partial charge >= 0.3 is 6.03 Å². The Labute approximate surface area is 373 Å². The summed E-state index contributed by atoms with van der Waals surface area (Å²) in [5, 5.41) is 30.2. The molecule has 2 fully saturated rings. The fraction of sp³-hybridized carbons (Fsp3) is 0.381. The van der Waals surface area contributed by atoms with Crippen LogP contribution in [0, 0.1) is 0 Å². The molecule has 0 saturated carbocycles. The molecule has 19 nitrogen and oxygen atoms in total. The number of carbonyl (C=O) groups is 1. The van der Waals surface area contributed by atoms with Crippen molar-refractivity contribution in [2.24, 2.45) is 0 Å². The third-order valence-corrected chi connectivity index (χ3v) is 11.8. The summed E-state index contributed by atoms with van der Waals surface area (Å²) in [7, 11) is 1.82. The first-order chi connectivity index (χ1) is 30.9. The number of nitrogens with zero attached hydrogens (tertiary/aromatic N) is 12. The molecule has 0 radical (unpaired) electrons. The maximum absolute atomic E-state index is 12.1. The van der Waals surface area contributed by atoms with E-state index < -0.39 is 0 Å². The first-order valence-corrected chi connectivity index (χ1v) is 22.1. The van der Waals surface area contributed by atoms with E-state index in [2.05, 4.69) is 72.6 Å². The summed E-state index contributed by atoms with van der Waals surface area (Å²) >= 11 is 6.56. The second kappa shape index (κ2) is 21.3. The van der Waals surface area contributed by atoms with E-state index in [1.165, 1.54) is 11.3 Å². The summed E-state index contributed by atoms with van der Waals surface area (Å²) in [4.78, 5) is 36.0. The summed E-state index contributed by atoms with van der Waals surface area (Å²) in [6.07, 6.45) is 12.2. The first-order valence-electron chi connectivity index (χ1n) is 20.9. The monoisotopic (exact) mass is 890 g/mol. The normalized spacial score (nSPS) is 14.6. The highest BCUT2D eigenvalue weighted by Crippen LogP contribution is 2.26. The van der Waals surface area contributed by atoms with Crippen LogP contribution in [-0.4, -0.2) is 150 Å². The Balaban J connectivity index is 0.000000173. The zero-order valence-corrected chi connectivity index (χ0v) is 36.9. The van der Waals surface area contributed by atoms with Gasteiger partial charge in [-0.15, -0.1) is 10.2 Å². The van der Waals surface area contributed by atoms with Gasteiger partial charge in [-0.1, -0.05) is 30.5 Å². The van der Waals surface area contributed by atoms with Crippen molar-refractivity contribution in [3.8, 4) is 22.3 Å². The van der Waals surface area contributed by atoms with Gasteiger partial charge in [0.05, 0.1) is 80.5 Å². The minimum Gasteiger partial charge on any atom is -0.379 e. The summed E-state index contributed by atoms with van der Waals surface area (Å²) in [6, 6.07) is 11.1. The van der Waals surface area contributed by atoms with Gasteiger partial charge in [-0.25, -0.2) is 14.8 Å². The fourth-order valence-corrected chi connectivity index (χ4v) is 7.50. The van der Waals surface area contributed by atoms with Crippen LogP contribution in [0.1, 0.15) is 13.3 Å². The molecular weight excluding hydrogens is 841 g/mol. The quantitative estimate of drug-likeness (QED) is 0.0979. The van der Waals surface area contributed by atoms with Crippen molar-refractivity contribution in [3.05, 3.63) is 73.6 Å². The number of urea groups is 1. The van der Waals surface area contributed by atoms with Gasteiger partial charge in [0.2, 0.25) is 10.3 Å². The SMILES string of the molecule is CCC(=S)CNC(=O)Nc1ccc2ncc(-c3cnn(CCN4CCOCC4)c3)cc2n1.CNc1nnc(Nc2ccc3ncc(-c4cnn(CCN5CCOCC5)c4)cc3n2)s1. The number of pyridine rings is 4. The Morgan fingerprint density at radius 2 is 1.24 bits per heavy atom. The standard InChI is InChI=1S/C22H27N7O2S.C20H23N9OS/c1-2-18(32)14-24-22(30)27-21-4-3-19-20(26-21)11-16(12-23-19)17-13-25-29(15-17)6-5-28-7-9-31-10-8-28;1-21-19-26-27-20(31-19)25-18-3-2-16-17(24-18)10-14(11-22-16)15-12-23-29(13-15)5-4-28-6-8-30-9-7-28/h3-4,11-13,15H,2,5-10,14H2,1H3,(H2,24,26,27,30);2-3,10-13H,4-9H2,1H3,(H,21,26)(H,24,25,27). The van der Waals surface area contributed by atoms with Crippen LogP contribution in [0.2, 0.25) is 0 Å². The van der Waals surface area contributed by atoms with Gasteiger partial charge in [0.25, 0.3) is 0 Å². The average Bonchev–Trinajstić information content (AvgIpc) is 4.12. The Morgan fingerprint density at radius 1 is 0.698 bits per heavy atom. The lowest BCUT2D eigenvalue weighted by molar-refractivity contribution is 0.0359. The van der Waals surface area contributed by atoms with Crippen LogP contribution in [0.4, 0.5) is 26.7 Å². The summed E-state index contributed by atoms with van der Waals surface area (Å²) in [5.41, 5.74) is 7.02. The molecule has 0 aromatic carbocycles. The highest BCUT2D eigenvalue weighted by molar-refractivity contribution is 7.80. The Hall–Kier alpha value is -6.10. The van der Waals surface area contributed by atoms with Crippen molar-refractivity contribution in [3.63, 3.8) is 0 Å². The van der Waals surface area contributed by atoms with E-state index in [-0.39, 0.29) is 6.03 Å². The number of rotatable bonds is 15. The molecule has 2 saturated heterocycles. The van der Waals surface area contributed by atoms with Crippen LogP contribution in [0.15, 0.2) is 73.6 Å². The van der Waals surface area contributed by atoms with Crippen molar-refractivity contribution < 1.29 is 14.3 Å². The molecule has 328 valence electrons. The third kappa shape index (κ3) is 12.1. The molecule has 0 bridgehead atoms. The van der Waals surface area contributed by atoms with Crippen molar-refractivity contribution in [1.29, 1.82) is 0 Å². The smallest absolute Gasteiger partial charge is 0.320 e. The van der Waals surface area contributed by atoms with Crippen LogP contribution in [0.3, 0.4) is 0 Å². The van der Waals surface area contributed by atoms with E-state index in [4.69, 9.17) is 26.7 Å². The zero-order chi connectivity index (χ0) is 43.4. The molecule has 0 aliphatic carbocycles. The van der Waals surface area contributed by atoms with Crippen molar-refractivity contribution >= 4 is 78.4 Å². The molecule has 4 N–H and O–H groups in total. The number of thiocarbonyl (C=S) groups is 1. The van der Waals surface area contributed by atoms with E-state index in [1.54, 1.807) is 6.07 Å². The predicted octanol–water partition coefficient (Wildman–Crippen LogP) is 5.19.